The standard InChI is InChI=1S/C19H27N5OS/c1-12-9-7-11-17(14(12)3)24-19(21-22-23-24)26-15(4)18(25)20-16-10-6-5-8-13(16)2/h7,9,11,13,15-16H,5-6,8,10H2,1-4H3,(H,20,25)/t13-,15-,16-/m0/s1. The summed E-state index contributed by atoms with van der Waals surface area (Å²) in [4.78, 5) is 12.6. The van der Waals surface area contributed by atoms with Crippen molar-refractivity contribution in [2.24, 2.45) is 5.92 Å². The van der Waals surface area contributed by atoms with E-state index in [0.717, 1.165) is 17.7 Å². The molecule has 26 heavy (non-hydrogen) atoms. The number of nitrogens with zero attached hydrogens (tertiary/aromatic N) is 4. The lowest BCUT2D eigenvalue weighted by Gasteiger charge is -2.30. The molecular weight excluding hydrogens is 346 g/mol. The Balaban J connectivity index is 1.70. The average molecular weight is 374 g/mol. The number of carbonyl (C=O) groups is 1. The highest BCUT2D eigenvalue weighted by atomic mass is 32.2. The molecule has 1 saturated carbocycles. The zero-order valence-corrected chi connectivity index (χ0v) is 16.7. The lowest BCUT2D eigenvalue weighted by molar-refractivity contribution is -0.121. The van der Waals surface area contributed by atoms with E-state index < -0.39 is 0 Å². The van der Waals surface area contributed by atoms with Gasteiger partial charge in [-0.05, 0) is 67.2 Å². The van der Waals surface area contributed by atoms with Crippen molar-refractivity contribution in [1.82, 2.24) is 25.5 Å². The molecule has 0 radical (unpaired) electrons. The fourth-order valence-corrected chi connectivity index (χ4v) is 4.22. The van der Waals surface area contributed by atoms with Crippen molar-refractivity contribution < 1.29 is 4.79 Å². The SMILES string of the molecule is Cc1cccc(-n2nnnc2S[C@@H](C)C(=O)N[C@H]2CCCC[C@@H]2C)c1C. The summed E-state index contributed by atoms with van der Waals surface area (Å²) < 4.78 is 1.72. The second-order valence-corrected chi connectivity index (χ2v) is 8.54. The third-order valence-electron chi connectivity index (χ3n) is 5.34. The highest BCUT2D eigenvalue weighted by molar-refractivity contribution is 8.00. The molecule has 1 aliphatic carbocycles. The molecule has 1 aliphatic rings. The quantitative estimate of drug-likeness (QED) is 0.813. The van der Waals surface area contributed by atoms with E-state index in [1.54, 1.807) is 4.68 Å². The Kier molecular flexibility index (Phi) is 5.96. The van der Waals surface area contributed by atoms with Crippen molar-refractivity contribution in [1.29, 1.82) is 0 Å². The van der Waals surface area contributed by atoms with Crippen LogP contribution in [0, 0.1) is 19.8 Å². The van der Waals surface area contributed by atoms with Gasteiger partial charge in [0.25, 0.3) is 0 Å². The van der Waals surface area contributed by atoms with Gasteiger partial charge in [0, 0.05) is 6.04 Å². The first-order valence-electron chi connectivity index (χ1n) is 9.29. The van der Waals surface area contributed by atoms with Gasteiger partial charge in [0.2, 0.25) is 11.1 Å². The number of rotatable bonds is 5. The molecule has 1 fully saturated rings. The molecule has 0 saturated heterocycles. The maximum absolute atomic E-state index is 12.6. The van der Waals surface area contributed by atoms with Gasteiger partial charge in [-0.15, -0.1) is 5.10 Å². The zero-order chi connectivity index (χ0) is 18.7. The predicted octanol–water partition coefficient (Wildman–Crippen LogP) is 3.45. The number of benzene rings is 1. The van der Waals surface area contributed by atoms with Crippen LogP contribution in [0.15, 0.2) is 23.4 Å². The number of tetrazole rings is 1. The number of hydrogen-bond acceptors (Lipinski definition) is 5. The summed E-state index contributed by atoms with van der Waals surface area (Å²) in [6.07, 6.45) is 4.73. The lowest BCUT2D eigenvalue weighted by Crippen LogP contribution is -2.44. The van der Waals surface area contributed by atoms with Gasteiger partial charge in [-0.25, -0.2) is 0 Å². The van der Waals surface area contributed by atoms with Crippen LogP contribution in [0.4, 0.5) is 0 Å². The molecule has 1 amide bonds. The molecule has 3 rings (SSSR count). The molecule has 7 heteroatoms. The second kappa shape index (κ2) is 8.20. The molecule has 2 aromatic rings. The molecule has 140 valence electrons. The molecule has 0 aliphatic heterocycles. The smallest absolute Gasteiger partial charge is 0.233 e. The van der Waals surface area contributed by atoms with Crippen LogP contribution in [-0.4, -0.2) is 37.4 Å². The number of aromatic nitrogens is 4. The molecule has 0 spiro atoms. The minimum absolute atomic E-state index is 0.0595. The van der Waals surface area contributed by atoms with Crippen LogP contribution in [0.2, 0.25) is 0 Å². The van der Waals surface area contributed by atoms with E-state index in [1.807, 2.05) is 19.1 Å². The topological polar surface area (TPSA) is 72.7 Å². The first-order valence-corrected chi connectivity index (χ1v) is 10.2. The minimum Gasteiger partial charge on any atom is -0.352 e. The average Bonchev–Trinajstić information content (AvgIpc) is 3.07. The van der Waals surface area contributed by atoms with Crippen LogP contribution in [0.3, 0.4) is 0 Å². The van der Waals surface area contributed by atoms with Crippen LogP contribution < -0.4 is 5.32 Å². The highest BCUT2D eigenvalue weighted by Gasteiger charge is 2.26. The van der Waals surface area contributed by atoms with Crippen molar-refractivity contribution in [2.75, 3.05) is 0 Å². The predicted molar refractivity (Wildman–Crippen MR) is 104 cm³/mol. The van der Waals surface area contributed by atoms with Gasteiger partial charge in [-0.2, -0.15) is 4.68 Å². The number of aryl methyl sites for hydroxylation is 1. The first-order chi connectivity index (χ1) is 12.5. The molecule has 0 bridgehead atoms. The van der Waals surface area contributed by atoms with Gasteiger partial charge >= 0.3 is 0 Å². The first kappa shape index (κ1) is 18.9. The van der Waals surface area contributed by atoms with E-state index in [4.69, 9.17) is 0 Å². The number of nitrogens with one attached hydrogen (secondary N) is 1. The third kappa shape index (κ3) is 4.09. The molecule has 0 unspecified atom stereocenters. The monoisotopic (exact) mass is 373 g/mol. The molecule has 1 N–H and O–H groups in total. The number of carbonyl (C=O) groups excluding carboxylic acids is 1. The summed E-state index contributed by atoms with van der Waals surface area (Å²) in [6.45, 7) is 8.26. The van der Waals surface area contributed by atoms with E-state index in [0.29, 0.717) is 11.1 Å². The van der Waals surface area contributed by atoms with E-state index in [9.17, 15) is 4.79 Å². The summed E-state index contributed by atoms with van der Waals surface area (Å²) in [5.74, 6) is 0.606. The molecule has 1 aromatic carbocycles. The zero-order valence-electron chi connectivity index (χ0n) is 15.9. The Morgan fingerprint density at radius 1 is 1.31 bits per heavy atom. The minimum atomic E-state index is -0.251. The number of amides is 1. The summed E-state index contributed by atoms with van der Waals surface area (Å²) in [5, 5.41) is 15.7. The summed E-state index contributed by atoms with van der Waals surface area (Å²) >= 11 is 1.40. The summed E-state index contributed by atoms with van der Waals surface area (Å²) in [6, 6.07) is 6.34. The number of hydrogen-bond donors (Lipinski definition) is 1. The second-order valence-electron chi connectivity index (χ2n) is 7.23. The van der Waals surface area contributed by atoms with Crippen molar-refractivity contribution >= 4 is 17.7 Å². The fraction of sp³-hybridized carbons (Fsp3) is 0.579. The maximum atomic E-state index is 12.6. The van der Waals surface area contributed by atoms with Crippen LogP contribution in [0.5, 0.6) is 0 Å². The van der Waals surface area contributed by atoms with Crippen molar-refractivity contribution in [3.8, 4) is 5.69 Å². The molecule has 1 aromatic heterocycles. The van der Waals surface area contributed by atoms with Crippen LogP contribution >= 0.6 is 11.8 Å². The third-order valence-corrected chi connectivity index (χ3v) is 6.37. The van der Waals surface area contributed by atoms with Gasteiger partial charge in [0.15, 0.2) is 0 Å². The molecule has 1 heterocycles. The largest absolute Gasteiger partial charge is 0.352 e. The number of thioether (sulfide) groups is 1. The Bertz CT molecular complexity index is 775. The van der Waals surface area contributed by atoms with Gasteiger partial charge in [0.1, 0.15) is 0 Å². The lowest BCUT2D eigenvalue weighted by atomic mass is 9.86. The molecular formula is C19H27N5OS. The van der Waals surface area contributed by atoms with Crippen molar-refractivity contribution in [3.05, 3.63) is 29.3 Å². The fourth-order valence-electron chi connectivity index (χ4n) is 3.41. The highest BCUT2D eigenvalue weighted by Crippen LogP contribution is 2.27. The van der Waals surface area contributed by atoms with E-state index in [1.165, 1.54) is 36.6 Å². The van der Waals surface area contributed by atoms with Crippen molar-refractivity contribution in [2.45, 2.75) is 69.8 Å². The van der Waals surface area contributed by atoms with Crippen LogP contribution in [0.25, 0.3) is 5.69 Å². The Morgan fingerprint density at radius 3 is 2.85 bits per heavy atom. The van der Waals surface area contributed by atoms with E-state index in [-0.39, 0.29) is 17.2 Å². The van der Waals surface area contributed by atoms with Crippen LogP contribution in [0.1, 0.15) is 50.7 Å². The van der Waals surface area contributed by atoms with Crippen molar-refractivity contribution in [3.63, 3.8) is 0 Å². The summed E-state index contributed by atoms with van der Waals surface area (Å²) in [5.41, 5.74) is 3.27. The van der Waals surface area contributed by atoms with E-state index >= 15 is 0 Å². The van der Waals surface area contributed by atoms with Gasteiger partial charge in [-0.3, -0.25) is 4.79 Å². The van der Waals surface area contributed by atoms with Crippen LogP contribution in [-0.2, 0) is 4.79 Å². The molecule has 6 nitrogen and oxygen atoms in total. The van der Waals surface area contributed by atoms with Gasteiger partial charge in [-0.1, -0.05) is 43.7 Å². The van der Waals surface area contributed by atoms with E-state index in [2.05, 4.69) is 47.7 Å². The summed E-state index contributed by atoms with van der Waals surface area (Å²) in [7, 11) is 0. The Morgan fingerprint density at radius 2 is 2.08 bits per heavy atom. The molecule has 3 atom stereocenters. The van der Waals surface area contributed by atoms with Gasteiger partial charge < -0.3 is 5.32 Å². The van der Waals surface area contributed by atoms with Gasteiger partial charge in [0.05, 0.1) is 10.9 Å². The Hall–Kier alpha value is -1.89. The normalized spacial score (nSPS) is 21.4. The Labute approximate surface area is 159 Å². The maximum Gasteiger partial charge on any atom is 0.233 e.